The molecule has 0 aromatic heterocycles. The highest BCUT2D eigenvalue weighted by Gasteiger charge is 2.35. The number of amides is 1. The SMILES string of the molecule is COC(=O)CC1CCS(=O)(=O)CC1CNC(=O)OC(C)(C)C. The van der Waals surface area contributed by atoms with Crippen LogP contribution in [0.3, 0.4) is 0 Å². The highest BCUT2D eigenvalue weighted by atomic mass is 32.2. The minimum absolute atomic E-state index is 0.0372. The summed E-state index contributed by atoms with van der Waals surface area (Å²) in [6.07, 6.45) is -0.0302. The average Bonchev–Trinajstić information content (AvgIpc) is 2.36. The Kier molecular flexibility index (Phi) is 6.22. The molecule has 0 aromatic carbocycles. The fourth-order valence-corrected chi connectivity index (χ4v) is 4.30. The van der Waals surface area contributed by atoms with Crippen LogP contribution in [0.4, 0.5) is 4.79 Å². The van der Waals surface area contributed by atoms with Crippen LogP contribution in [0.15, 0.2) is 0 Å². The Morgan fingerprint density at radius 2 is 1.86 bits per heavy atom. The van der Waals surface area contributed by atoms with Crippen LogP contribution in [-0.2, 0) is 24.1 Å². The quantitative estimate of drug-likeness (QED) is 0.773. The van der Waals surface area contributed by atoms with Gasteiger partial charge in [-0.3, -0.25) is 4.79 Å². The molecule has 0 aromatic rings. The minimum atomic E-state index is -3.13. The maximum absolute atomic E-state index is 11.8. The third-order valence-electron chi connectivity index (χ3n) is 3.50. The molecule has 0 aliphatic carbocycles. The van der Waals surface area contributed by atoms with Gasteiger partial charge in [-0.1, -0.05) is 0 Å². The topological polar surface area (TPSA) is 98.8 Å². The predicted molar refractivity (Wildman–Crippen MR) is 81.1 cm³/mol. The van der Waals surface area contributed by atoms with E-state index >= 15 is 0 Å². The van der Waals surface area contributed by atoms with Crippen LogP contribution in [0.25, 0.3) is 0 Å². The lowest BCUT2D eigenvalue weighted by molar-refractivity contribution is -0.142. The van der Waals surface area contributed by atoms with Crippen molar-refractivity contribution in [1.29, 1.82) is 0 Å². The number of ether oxygens (including phenoxy) is 2. The van der Waals surface area contributed by atoms with Crippen molar-refractivity contribution in [3.63, 3.8) is 0 Å². The fourth-order valence-electron chi connectivity index (χ4n) is 2.43. The first kappa shape index (κ1) is 18.7. The molecule has 1 saturated heterocycles. The predicted octanol–water partition coefficient (Wildman–Crippen LogP) is 1.13. The van der Waals surface area contributed by atoms with E-state index < -0.39 is 21.5 Å². The number of hydrogen-bond donors (Lipinski definition) is 1. The number of sulfone groups is 1. The van der Waals surface area contributed by atoms with E-state index in [0.717, 1.165) is 0 Å². The number of alkyl carbamates (subject to hydrolysis) is 1. The Hall–Kier alpha value is -1.31. The molecular formula is C14H25NO6S. The molecule has 0 saturated carbocycles. The van der Waals surface area contributed by atoms with Crippen LogP contribution < -0.4 is 5.32 Å². The molecule has 1 amide bonds. The molecule has 1 aliphatic heterocycles. The van der Waals surface area contributed by atoms with E-state index in [9.17, 15) is 18.0 Å². The summed E-state index contributed by atoms with van der Waals surface area (Å²) in [5.74, 6) is -0.773. The van der Waals surface area contributed by atoms with Crippen molar-refractivity contribution < 1.29 is 27.5 Å². The Bertz CT molecular complexity index is 508. The third-order valence-corrected chi connectivity index (χ3v) is 5.29. The molecule has 2 unspecified atom stereocenters. The van der Waals surface area contributed by atoms with E-state index in [-0.39, 0.29) is 42.3 Å². The lowest BCUT2D eigenvalue weighted by Gasteiger charge is -2.31. The molecule has 7 nitrogen and oxygen atoms in total. The second-order valence-electron chi connectivity index (χ2n) is 6.59. The lowest BCUT2D eigenvalue weighted by atomic mass is 9.88. The summed E-state index contributed by atoms with van der Waals surface area (Å²) in [5, 5.41) is 2.59. The van der Waals surface area contributed by atoms with Gasteiger partial charge in [0.1, 0.15) is 5.60 Å². The molecule has 0 spiro atoms. The largest absolute Gasteiger partial charge is 0.469 e. The molecule has 1 aliphatic rings. The summed E-state index contributed by atoms with van der Waals surface area (Å²) in [4.78, 5) is 23.1. The molecule has 2 atom stereocenters. The van der Waals surface area contributed by atoms with Gasteiger partial charge >= 0.3 is 12.1 Å². The smallest absolute Gasteiger partial charge is 0.407 e. The van der Waals surface area contributed by atoms with Gasteiger partial charge in [0.05, 0.1) is 18.6 Å². The van der Waals surface area contributed by atoms with Crippen LogP contribution >= 0.6 is 0 Å². The molecule has 8 heteroatoms. The van der Waals surface area contributed by atoms with Crippen molar-refractivity contribution in [3.05, 3.63) is 0 Å². The van der Waals surface area contributed by atoms with Gasteiger partial charge in [-0.25, -0.2) is 13.2 Å². The number of carbonyl (C=O) groups excluding carboxylic acids is 2. The molecule has 1 rings (SSSR count). The molecule has 0 radical (unpaired) electrons. The second kappa shape index (κ2) is 7.30. The molecular weight excluding hydrogens is 310 g/mol. The zero-order valence-electron chi connectivity index (χ0n) is 13.5. The van der Waals surface area contributed by atoms with Crippen molar-refractivity contribution in [3.8, 4) is 0 Å². The summed E-state index contributed by atoms with van der Waals surface area (Å²) in [6.45, 7) is 5.41. The van der Waals surface area contributed by atoms with Crippen LogP contribution in [0.2, 0.25) is 0 Å². The number of nitrogens with one attached hydrogen (secondary N) is 1. The second-order valence-corrected chi connectivity index (χ2v) is 8.81. The number of methoxy groups -OCH3 is 1. The van der Waals surface area contributed by atoms with E-state index in [1.54, 1.807) is 20.8 Å². The van der Waals surface area contributed by atoms with E-state index in [1.807, 2.05) is 0 Å². The molecule has 1 N–H and O–H groups in total. The van der Waals surface area contributed by atoms with Crippen molar-refractivity contribution in [2.24, 2.45) is 11.8 Å². The molecule has 1 heterocycles. The molecule has 22 heavy (non-hydrogen) atoms. The first-order valence-corrected chi connectivity index (χ1v) is 9.08. The Morgan fingerprint density at radius 1 is 1.23 bits per heavy atom. The first-order valence-electron chi connectivity index (χ1n) is 7.26. The lowest BCUT2D eigenvalue weighted by Crippen LogP contribution is -2.42. The minimum Gasteiger partial charge on any atom is -0.469 e. The standard InChI is InChI=1S/C14H25NO6S/c1-14(2,3)21-13(17)15-8-11-9-22(18,19)6-5-10(11)7-12(16)20-4/h10-11H,5-9H2,1-4H3,(H,15,17). The van der Waals surface area contributed by atoms with Gasteiger partial charge in [-0.2, -0.15) is 0 Å². The first-order chi connectivity index (χ1) is 10.0. The van der Waals surface area contributed by atoms with Gasteiger partial charge in [0.25, 0.3) is 0 Å². The van der Waals surface area contributed by atoms with E-state index in [4.69, 9.17) is 4.74 Å². The zero-order valence-corrected chi connectivity index (χ0v) is 14.4. The molecule has 1 fully saturated rings. The van der Waals surface area contributed by atoms with Crippen LogP contribution in [0, 0.1) is 11.8 Å². The zero-order chi connectivity index (χ0) is 17.0. The highest BCUT2D eigenvalue weighted by molar-refractivity contribution is 7.91. The van der Waals surface area contributed by atoms with Crippen molar-refractivity contribution >= 4 is 21.9 Å². The number of rotatable bonds is 4. The summed E-state index contributed by atoms with van der Waals surface area (Å²) < 4.78 is 33.3. The number of hydrogen-bond acceptors (Lipinski definition) is 6. The van der Waals surface area contributed by atoms with E-state index in [0.29, 0.717) is 6.42 Å². The highest BCUT2D eigenvalue weighted by Crippen LogP contribution is 2.28. The normalized spacial score (nSPS) is 24.4. The van der Waals surface area contributed by atoms with Crippen molar-refractivity contribution in [2.45, 2.75) is 39.2 Å². The van der Waals surface area contributed by atoms with Gasteiger partial charge in [-0.05, 0) is 39.0 Å². The van der Waals surface area contributed by atoms with Gasteiger partial charge < -0.3 is 14.8 Å². The van der Waals surface area contributed by atoms with Gasteiger partial charge in [0, 0.05) is 13.0 Å². The van der Waals surface area contributed by atoms with Gasteiger partial charge in [-0.15, -0.1) is 0 Å². The average molecular weight is 335 g/mol. The van der Waals surface area contributed by atoms with Crippen LogP contribution in [0.1, 0.15) is 33.6 Å². The summed E-state index contributed by atoms with van der Waals surface area (Å²) in [6, 6.07) is 0. The maximum Gasteiger partial charge on any atom is 0.407 e. The van der Waals surface area contributed by atoms with E-state index in [2.05, 4.69) is 10.1 Å². The fraction of sp³-hybridized carbons (Fsp3) is 0.857. The van der Waals surface area contributed by atoms with Gasteiger partial charge in [0.2, 0.25) is 0 Å². The molecule has 128 valence electrons. The summed E-state index contributed by atoms with van der Waals surface area (Å²) >= 11 is 0. The Labute approximate surface area is 131 Å². The third kappa shape index (κ3) is 6.64. The van der Waals surface area contributed by atoms with Crippen LogP contribution in [-0.4, -0.2) is 51.2 Å². The Balaban J connectivity index is 2.64. The Morgan fingerprint density at radius 3 is 2.41 bits per heavy atom. The summed E-state index contributed by atoms with van der Waals surface area (Å²) in [5.41, 5.74) is -0.617. The van der Waals surface area contributed by atoms with Gasteiger partial charge in [0.15, 0.2) is 9.84 Å². The number of carbonyl (C=O) groups is 2. The monoisotopic (exact) mass is 335 g/mol. The van der Waals surface area contributed by atoms with Crippen LogP contribution in [0.5, 0.6) is 0 Å². The van der Waals surface area contributed by atoms with E-state index in [1.165, 1.54) is 7.11 Å². The maximum atomic E-state index is 11.8. The van der Waals surface area contributed by atoms with Crippen molar-refractivity contribution in [1.82, 2.24) is 5.32 Å². The number of esters is 1. The summed E-state index contributed by atoms with van der Waals surface area (Å²) in [7, 11) is -1.83. The van der Waals surface area contributed by atoms with Crippen molar-refractivity contribution in [2.75, 3.05) is 25.2 Å². The molecule has 0 bridgehead atoms.